The Labute approximate surface area is 140 Å². The summed E-state index contributed by atoms with van der Waals surface area (Å²) in [5.41, 5.74) is 10.6. The highest BCUT2D eigenvalue weighted by molar-refractivity contribution is 6.31. The number of fused-ring (bicyclic) bond motifs is 1. The van der Waals surface area contributed by atoms with E-state index in [-0.39, 0.29) is 5.78 Å². The van der Waals surface area contributed by atoms with E-state index in [1.807, 2.05) is 31.2 Å². The summed E-state index contributed by atoms with van der Waals surface area (Å²) < 4.78 is 0. The largest absolute Gasteiger partial charge is 0.383 e. The third kappa shape index (κ3) is 3.42. The number of carbonyl (C=O) groups is 1. The first-order valence-electron chi connectivity index (χ1n) is 7.58. The SMILES string of the molecule is Cc1cccc(Cl)c1CCC(=O)Cc1cc2c(cn1)C(N)=NC2. The molecule has 2 N–H and O–H groups in total. The number of Topliss-reactive ketones (excluding diaryl/α,β-unsaturated/α-hetero) is 1. The molecule has 23 heavy (non-hydrogen) atoms. The maximum atomic E-state index is 12.2. The molecule has 1 aromatic carbocycles. The average molecular weight is 328 g/mol. The zero-order valence-corrected chi connectivity index (χ0v) is 13.7. The second-order valence-electron chi connectivity index (χ2n) is 5.78. The van der Waals surface area contributed by atoms with Gasteiger partial charge in [0.15, 0.2) is 0 Å². The Morgan fingerprint density at radius 3 is 3.00 bits per heavy atom. The molecule has 118 valence electrons. The van der Waals surface area contributed by atoms with Crippen LogP contribution in [0.3, 0.4) is 0 Å². The van der Waals surface area contributed by atoms with Gasteiger partial charge in [0.2, 0.25) is 0 Å². The Kier molecular flexibility index (Phi) is 4.44. The van der Waals surface area contributed by atoms with Crippen molar-refractivity contribution in [2.45, 2.75) is 32.7 Å². The second-order valence-corrected chi connectivity index (χ2v) is 6.19. The molecule has 0 saturated heterocycles. The van der Waals surface area contributed by atoms with E-state index in [2.05, 4.69) is 9.98 Å². The molecule has 2 heterocycles. The molecule has 0 spiro atoms. The van der Waals surface area contributed by atoms with Crippen molar-refractivity contribution in [1.82, 2.24) is 4.98 Å². The van der Waals surface area contributed by atoms with E-state index < -0.39 is 0 Å². The van der Waals surface area contributed by atoms with Crippen LogP contribution in [-0.4, -0.2) is 16.6 Å². The van der Waals surface area contributed by atoms with Crippen molar-refractivity contribution in [3.8, 4) is 0 Å². The smallest absolute Gasteiger partial charge is 0.139 e. The number of aryl methyl sites for hydroxylation is 1. The van der Waals surface area contributed by atoms with Crippen LogP contribution >= 0.6 is 11.6 Å². The number of aromatic nitrogens is 1. The number of hydrogen-bond donors (Lipinski definition) is 1. The first kappa shape index (κ1) is 15.7. The van der Waals surface area contributed by atoms with E-state index in [4.69, 9.17) is 17.3 Å². The first-order chi connectivity index (χ1) is 11.0. The average Bonchev–Trinajstić information content (AvgIpc) is 2.87. The lowest BCUT2D eigenvalue weighted by molar-refractivity contribution is -0.118. The molecular formula is C18H18ClN3O. The van der Waals surface area contributed by atoms with Gasteiger partial charge in [0, 0.05) is 35.3 Å². The van der Waals surface area contributed by atoms with Crippen molar-refractivity contribution in [3.05, 3.63) is 63.4 Å². The Morgan fingerprint density at radius 1 is 1.39 bits per heavy atom. The van der Waals surface area contributed by atoms with Gasteiger partial charge in [0.05, 0.1) is 6.54 Å². The van der Waals surface area contributed by atoms with Crippen molar-refractivity contribution in [2.75, 3.05) is 0 Å². The van der Waals surface area contributed by atoms with Gasteiger partial charge in [-0.25, -0.2) is 0 Å². The quantitative estimate of drug-likeness (QED) is 0.917. The molecule has 0 amide bonds. The highest BCUT2D eigenvalue weighted by Gasteiger charge is 2.15. The van der Waals surface area contributed by atoms with Gasteiger partial charge < -0.3 is 5.73 Å². The maximum Gasteiger partial charge on any atom is 0.139 e. The highest BCUT2D eigenvalue weighted by Crippen LogP contribution is 2.22. The molecule has 0 atom stereocenters. The van der Waals surface area contributed by atoms with Gasteiger partial charge in [0.25, 0.3) is 0 Å². The van der Waals surface area contributed by atoms with Crippen molar-refractivity contribution in [3.63, 3.8) is 0 Å². The van der Waals surface area contributed by atoms with Crippen LogP contribution in [0.25, 0.3) is 0 Å². The summed E-state index contributed by atoms with van der Waals surface area (Å²) in [7, 11) is 0. The van der Waals surface area contributed by atoms with Gasteiger partial charge in [-0.15, -0.1) is 0 Å². The number of nitrogens with zero attached hydrogens (tertiary/aromatic N) is 2. The summed E-state index contributed by atoms with van der Waals surface area (Å²) in [5.74, 6) is 0.684. The predicted octanol–water partition coefficient (Wildman–Crippen LogP) is 3.01. The lowest BCUT2D eigenvalue weighted by Gasteiger charge is -2.08. The van der Waals surface area contributed by atoms with Gasteiger partial charge in [-0.2, -0.15) is 0 Å². The van der Waals surface area contributed by atoms with E-state index in [1.54, 1.807) is 6.20 Å². The fraction of sp³-hybridized carbons (Fsp3) is 0.278. The number of benzene rings is 1. The third-order valence-electron chi connectivity index (χ3n) is 4.13. The normalized spacial score (nSPS) is 12.9. The van der Waals surface area contributed by atoms with Crippen LogP contribution in [0.4, 0.5) is 0 Å². The van der Waals surface area contributed by atoms with E-state index in [0.29, 0.717) is 31.6 Å². The van der Waals surface area contributed by atoms with E-state index in [9.17, 15) is 4.79 Å². The van der Waals surface area contributed by atoms with Crippen LogP contribution in [0.15, 0.2) is 35.5 Å². The summed E-state index contributed by atoms with van der Waals surface area (Å²) in [6.07, 6.45) is 3.16. The number of ketones is 1. The van der Waals surface area contributed by atoms with Crippen LogP contribution in [0.1, 0.15) is 34.4 Å². The van der Waals surface area contributed by atoms with Gasteiger partial charge in [-0.3, -0.25) is 14.8 Å². The fourth-order valence-corrected chi connectivity index (χ4v) is 3.11. The zero-order valence-electron chi connectivity index (χ0n) is 13.0. The van der Waals surface area contributed by atoms with Crippen molar-refractivity contribution < 1.29 is 4.79 Å². The van der Waals surface area contributed by atoms with Gasteiger partial charge in [-0.05, 0) is 42.2 Å². The number of carbonyl (C=O) groups excluding carboxylic acids is 1. The topological polar surface area (TPSA) is 68.3 Å². The maximum absolute atomic E-state index is 12.2. The minimum absolute atomic E-state index is 0.156. The molecule has 3 rings (SSSR count). The van der Waals surface area contributed by atoms with Crippen LogP contribution in [0, 0.1) is 6.92 Å². The summed E-state index contributed by atoms with van der Waals surface area (Å²) in [6, 6.07) is 7.72. The number of aliphatic imine (C=N–C) groups is 1. The zero-order chi connectivity index (χ0) is 16.4. The Morgan fingerprint density at radius 2 is 2.22 bits per heavy atom. The fourth-order valence-electron chi connectivity index (χ4n) is 2.80. The van der Waals surface area contributed by atoms with Crippen molar-refractivity contribution in [1.29, 1.82) is 0 Å². The number of pyridine rings is 1. The van der Waals surface area contributed by atoms with Crippen LogP contribution in [-0.2, 0) is 24.2 Å². The molecule has 0 fully saturated rings. The number of hydrogen-bond acceptors (Lipinski definition) is 4. The molecule has 4 nitrogen and oxygen atoms in total. The molecule has 0 bridgehead atoms. The standard InChI is InChI=1S/C18H18ClN3O/c1-11-3-2-4-17(19)15(11)6-5-14(23)8-13-7-12-9-22-18(20)16(12)10-21-13/h2-4,7,10H,5-6,8-9H2,1H3,(H2,20,22). The minimum atomic E-state index is 0.156. The number of amidine groups is 1. The highest BCUT2D eigenvalue weighted by atomic mass is 35.5. The Balaban J connectivity index is 1.62. The monoisotopic (exact) mass is 327 g/mol. The van der Waals surface area contributed by atoms with Crippen molar-refractivity contribution >= 4 is 23.2 Å². The van der Waals surface area contributed by atoms with Crippen LogP contribution in [0.5, 0.6) is 0 Å². The van der Waals surface area contributed by atoms with E-state index >= 15 is 0 Å². The predicted molar refractivity (Wildman–Crippen MR) is 91.9 cm³/mol. The summed E-state index contributed by atoms with van der Waals surface area (Å²) in [4.78, 5) is 20.7. The first-order valence-corrected chi connectivity index (χ1v) is 7.96. The Hall–Kier alpha value is -2.20. The van der Waals surface area contributed by atoms with Crippen molar-refractivity contribution in [2.24, 2.45) is 10.7 Å². The summed E-state index contributed by atoms with van der Waals surface area (Å²) >= 11 is 6.20. The molecule has 2 aromatic rings. The second kappa shape index (κ2) is 6.50. The minimum Gasteiger partial charge on any atom is -0.383 e. The van der Waals surface area contributed by atoms with Gasteiger partial charge >= 0.3 is 0 Å². The number of rotatable bonds is 5. The number of halogens is 1. The molecule has 1 aliphatic heterocycles. The summed E-state index contributed by atoms with van der Waals surface area (Å²) in [5, 5.41) is 0.723. The van der Waals surface area contributed by atoms with E-state index in [0.717, 1.165) is 33.0 Å². The molecule has 0 saturated carbocycles. The lowest BCUT2D eigenvalue weighted by Crippen LogP contribution is -2.12. The summed E-state index contributed by atoms with van der Waals surface area (Å²) in [6.45, 7) is 2.59. The number of nitrogens with two attached hydrogens (primary N) is 1. The van der Waals surface area contributed by atoms with Crippen LogP contribution < -0.4 is 5.73 Å². The lowest BCUT2D eigenvalue weighted by atomic mass is 10.0. The van der Waals surface area contributed by atoms with Crippen LogP contribution in [0.2, 0.25) is 5.02 Å². The molecular weight excluding hydrogens is 310 g/mol. The molecule has 1 aromatic heterocycles. The molecule has 0 unspecified atom stereocenters. The Bertz CT molecular complexity index is 779. The van der Waals surface area contributed by atoms with Gasteiger partial charge in [0.1, 0.15) is 11.6 Å². The van der Waals surface area contributed by atoms with E-state index in [1.165, 1.54) is 0 Å². The molecule has 1 aliphatic rings. The third-order valence-corrected chi connectivity index (χ3v) is 4.48. The molecule has 0 aliphatic carbocycles. The van der Waals surface area contributed by atoms with Gasteiger partial charge in [-0.1, -0.05) is 23.7 Å². The molecule has 5 heteroatoms. The molecule has 0 radical (unpaired) electrons.